The molecule has 1 aliphatic heterocycles. The first-order chi connectivity index (χ1) is 11.3. The number of aromatic nitrogens is 1. The Bertz CT molecular complexity index is 633. The zero-order chi connectivity index (χ0) is 17.5. The molecule has 1 aromatic rings. The number of alkyl halides is 3. The van der Waals surface area contributed by atoms with Gasteiger partial charge in [0.05, 0.1) is 12.2 Å². The summed E-state index contributed by atoms with van der Waals surface area (Å²) in [5, 5.41) is 0. The third-order valence-corrected chi connectivity index (χ3v) is 4.98. The molecule has 0 spiro atoms. The van der Waals surface area contributed by atoms with Crippen molar-refractivity contribution in [1.29, 1.82) is 0 Å². The van der Waals surface area contributed by atoms with Crippen LogP contribution in [0.15, 0.2) is 12.1 Å². The van der Waals surface area contributed by atoms with Gasteiger partial charge in [0.2, 0.25) is 0 Å². The summed E-state index contributed by atoms with van der Waals surface area (Å²) in [4.78, 5) is 18.4. The summed E-state index contributed by atoms with van der Waals surface area (Å²) < 4.78 is 44.5. The molecule has 0 N–H and O–H groups in total. The normalized spacial score (nSPS) is 26.5. The third kappa shape index (κ3) is 3.08. The number of ether oxygens (including phenoxy) is 1. The largest absolute Gasteiger partial charge is 0.464 e. The quantitative estimate of drug-likeness (QED) is 0.788. The van der Waals surface area contributed by atoms with Crippen molar-refractivity contribution in [2.24, 2.45) is 11.8 Å². The number of halogens is 3. The monoisotopic (exact) mass is 342 g/mol. The molecule has 7 heteroatoms. The molecule has 1 saturated carbocycles. The maximum Gasteiger partial charge on any atom is 0.416 e. The Morgan fingerprint density at radius 2 is 2.12 bits per heavy atom. The predicted octanol–water partition coefficient (Wildman–Crippen LogP) is 3.58. The van der Waals surface area contributed by atoms with Gasteiger partial charge in [0.1, 0.15) is 11.9 Å². The molecule has 3 unspecified atom stereocenters. The summed E-state index contributed by atoms with van der Waals surface area (Å²) in [6.07, 6.45) is -1.48. The lowest BCUT2D eigenvalue weighted by atomic mass is 9.94. The Balaban J connectivity index is 1.97. The number of rotatable bonds is 3. The zero-order valence-corrected chi connectivity index (χ0v) is 13.8. The van der Waals surface area contributed by atoms with Crippen LogP contribution in [0, 0.1) is 18.8 Å². The lowest BCUT2D eigenvalue weighted by Gasteiger charge is -2.27. The molecule has 24 heavy (non-hydrogen) atoms. The van der Waals surface area contributed by atoms with Gasteiger partial charge in [-0.2, -0.15) is 13.2 Å². The standard InChI is InChI=1S/C17H21F3N2O2/c1-3-24-16(23)15-13-6-4-5-11(13)9-22(15)14-8-12(17(18,19)20)7-10(2)21-14/h7-8,11,13,15H,3-6,9H2,1-2H3. The molecular weight excluding hydrogens is 321 g/mol. The van der Waals surface area contributed by atoms with E-state index in [1.165, 1.54) is 6.92 Å². The van der Waals surface area contributed by atoms with Crippen molar-refractivity contribution in [3.63, 3.8) is 0 Å². The van der Waals surface area contributed by atoms with Crippen molar-refractivity contribution >= 4 is 11.8 Å². The molecular formula is C17H21F3N2O2. The lowest BCUT2D eigenvalue weighted by Crippen LogP contribution is -2.41. The molecule has 1 saturated heterocycles. The first-order valence-corrected chi connectivity index (χ1v) is 8.30. The van der Waals surface area contributed by atoms with Crippen molar-refractivity contribution in [2.45, 2.75) is 45.3 Å². The molecule has 0 bridgehead atoms. The van der Waals surface area contributed by atoms with Gasteiger partial charge in [-0.15, -0.1) is 0 Å². The number of aryl methyl sites for hydroxylation is 1. The van der Waals surface area contributed by atoms with Crippen LogP contribution in [0.2, 0.25) is 0 Å². The van der Waals surface area contributed by atoms with Gasteiger partial charge in [0.25, 0.3) is 0 Å². The van der Waals surface area contributed by atoms with Crippen LogP contribution >= 0.6 is 0 Å². The molecule has 3 atom stereocenters. The van der Waals surface area contributed by atoms with Crippen molar-refractivity contribution in [1.82, 2.24) is 4.98 Å². The second-order valence-corrected chi connectivity index (χ2v) is 6.56. The van der Waals surface area contributed by atoms with Crippen LogP contribution in [0.1, 0.15) is 37.4 Å². The number of nitrogens with zero attached hydrogens (tertiary/aromatic N) is 2. The molecule has 132 valence electrons. The fourth-order valence-electron chi connectivity index (χ4n) is 4.03. The molecule has 0 radical (unpaired) electrons. The Hall–Kier alpha value is -1.79. The van der Waals surface area contributed by atoms with Crippen LogP contribution in [0.3, 0.4) is 0 Å². The molecule has 3 rings (SSSR count). The van der Waals surface area contributed by atoms with Gasteiger partial charge >= 0.3 is 12.1 Å². The summed E-state index contributed by atoms with van der Waals surface area (Å²) in [5.74, 6) is 0.315. The number of carbonyl (C=O) groups excluding carboxylic acids is 1. The van der Waals surface area contributed by atoms with Crippen molar-refractivity contribution in [2.75, 3.05) is 18.1 Å². The summed E-state index contributed by atoms with van der Waals surface area (Å²) in [5.41, 5.74) is -0.441. The molecule has 0 aromatic carbocycles. The summed E-state index contributed by atoms with van der Waals surface area (Å²) in [6, 6.07) is 1.54. The number of hydrogen-bond donors (Lipinski definition) is 0. The van der Waals surface area contributed by atoms with Crippen molar-refractivity contribution in [3.05, 3.63) is 23.4 Å². The van der Waals surface area contributed by atoms with E-state index in [0.29, 0.717) is 18.2 Å². The number of pyridine rings is 1. The van der Waals surface area contributed by atoms with Gasteiger partial charge in [-0.25, -0.2) is 9.78 Å². The Morgan fingerprint density at radius 3 is 2.79 bits per heavy atom. The molecule has 1 aliphatic carbocycles. The van der Waals surface area contributed by atoms with Crippen LogP contribution in [0.4, 0.5) is 19.0 Å². The maximum atomic E-state index is 13.1. The van der Waals surface area contributed by atoms with Gasteiger partial charge in [0.15, 0.2) is 0 Å². The molecule has 2 aliphatic rings. The average Bonchev–Trinajstić information content (AvgIpc) is 3.05. The topological polar surface area (TPSA) is 42.4 Å². The Morgan fingerprint density at radius 1 is 1.38 bits per heavy atom. The van der Waals surface area contributed by atoms with E-state index in [1.54, 1.807) is 11.8 Å². The highest BCUT2D eigenvalue weighted by atomic mass is 19.4. The van der Waals surface area contributed by atoms with Crippen molar-refractivity contribution in [3.8, 4) is 0 Å². The third-order valence-electron chi connectivity index (χ3n) is 4.98. The van der Waals surface area contributed by atoms with Crippen LogP contribution in [-0.2, 0) is 15.7 Å². The minimum atomic E-state index is -4.43. The fourth-order valence-corrected chi connectivity index (χ4v) is 4.03. The lowest BCUT2D eigenvalue weighted by molar-refractivity contribution is -0.145. The van der Waals surface area contributed by atoms with Crippen LogP contribution in [0.5, 0.6) is 0 Å². The summed E-state index contributed by atoms with van der Waals surface area (Å²) in [7, 11) is 0. The van der Waals surface area contributed by atoms with Crippen LogP contribution in [0.25, 0.3) is 0 Å². The van der Waals surface area contributed by atoms with Gasteiger partial charge in [-0.3, -0.25) is 0 Å². The van der Waals surface area contributed by atoms with E-state index in [0.717, 1.165) is 31.4 Å². The molecule has 0 amide bonds. The number of fused-ring (bicyclic) bond motifs is 1. The number of carbonyl (C=O) groups is 1. The first kappa shape index (κ1) is 17.0. The molecule has 1 aromatic heterocycles. The minimum absolute atomic E-state index is 0.140. The van der Waals surface area contributed by atoms with Gasteiger partial charge in [-0.05, 0) is 50.7 Å². The first-order valence-electron chi connectivity index (χ1n) is 8.30. The highest BCUT2D eigenvalue weighted by Crippen LogP contribution is 2.44. The van der Waals surface area contributed by atoms with Gasteiger partial charge < -0.3 is 9.64 Å². The number of esters is 1. The van der Waals surface area contributed by atoms with E-state index in [-0.39, 0.29) is 24.3 Å². The molecule has 2 fully saturated rings. The van der Waals surface area contributed by atoms with E-state index >= 15 is 0 Å². The highest BCUT2D eigenvalue weighted by Gasteiger charge is 2.49. The van der Waals surface area contributed by atoms with E-state index in [9.17, 15) is 18.0 Å². The summed E-state index contributed by atoms with van der Waals surface area (Å²) >= 11 is 0. The highest BCUT2D eigenvalue weighted by molar-refractivity contribution is 5.81. The second-order valence-electron chi connectivity index (χ2n) is 6.56. The smallest absolute Gasteiger partial charge is 0.416 e. The van der Waals surface area contributed by atoms with E-state index in [1.807, 2.05) is 0 Å². The minimum Gasteiger partial charge on any atom is -0.464 e. The zero-order valence-electron chi connectivity index (χ0n) is 13.8. The summed E-state index contributed by atoms with van der Waals surface area (Å²) in [6.45, 7) is 4.09. The average molecular weight is 342 g/mol. The van der Waals surface area contributed by atoms with E-state index in [4.69, 9.17) is 4.74 Å². The Kier molecular flexibility index (Phi) is 4.44. The molecule has 4 nitrogen and oxygen atoms in total. The predicted molar refractivity (Wildman–Crippen MR) is 82.6 cm³/mol. The molecule has 2 heterocycles. The fraction of sp³-hybridized carbons (Fsp3) is 0.647. The SMILES string of the molecule is CCOC(=O)C1C2CCCC2CN1c1cc(C(F)(F)F)cc(C)n1. The number of anilines is 1. The maximum absolute atomic E-state index is 13.1. The van der Waals surface area contributed by atoms with Crippen LogP contribution in [-0.4, -0.2) is 30.1 Å². The number of hydrogen-bond acceptors (Lipinski definition) is 4. The van der Waals surface area contributed by atoms with Gasteiger partial charge in [0, 0.05) is 12.2 Å². The van der Waals surface area contributed by atoms with Gasteiger partial charge in [-0.1, -0.05) is 6.42 Å². The second kappa shape index (κ2) is 6.26. The van der Waals surface area contributed by atoms with E-state index in [2.05, 4.69) is 4.98 Å². The van der Waals surface area contributed by atoms with E-state index < -0.39 is 17.8 Å². The van der Waals surface area contributed by atoms with Crippen LogP contribution < -0.4 is 4.90 Å². The Labute approximate surface area is 139 Å². The van der Waals surface area contributed by atoms with Crippen molar-refractivity contribution < 1.29 is 22.7 Å².